The van der Waals surface area contributed by atoms with E-state index in [-0.39, 0.29) is 17.9 Å². The molecule has 0 aliphatic heterocycles. The first kappa shape index (κ1) is 11.1. The molecule has 0 atom stereocenters. The van der Waals surface area contributed by atoms with Gasteiger partial charge in [0.2, 0.25) is 0 Å². The number of halogens is 2. The summed E-state index contributed by atoms with van der Waals surface area (Å²) in [5, 5.41) is 12.4. The van der Waals surface area contributed by atoms with Gasteiger partial charge in [-0.15, -0.1) is 0 Å². The van der Waals surface area contributed by atoms with E-state index in [1.54, 1.807) is 0 Å². The van der Waals surface area contributed by atoms with Crippen molar-refractivity contribution in [3.63, 3.8) is 0 Å². The van der Waals surface area contributed by atoms with Crippen LogP contribution in [0.2, 0.25) is 0 Å². The van der Waals surface area contributed by atoms with E-state index < -0.39 is 17.2 Å². The Balaban J connectivity index is 2.09. The van der Waals surface area contributed by atoms with Crippen LogP contribution in [0.1, 0.15) is 19.3 Å². The maximum absolute atomic E-state index is 13.3. The minimum atomic E-state index is -0.819. The quantitative estimate of drug-likeness (QED) is 0.692. The Morgan fingerprint density at radius 2 is 1.88 bits per heavy atom. The van der Waals surface area contributed by atoms with Crippen LogP contribution in [0.15, 0.2) is 12.1 Å². The SMILES string of the molecule is Nc1cc(F)c(NCC2(O)CCC2)c(F)c1. The zero-order chi connectivity index (χ0) is 11.8. The van der Waals surface area contributed by atoms with E-state index in [1.807, 2.05) is 0 Å². The molecule has 88 valence electrons. The number of nitrogens with one attached hydrogen (secondary N) is 1. The molecule has 3 nitrogen and oxygen atoms in total. The van der Waals surface area contributed by atoms with Crippen molar-refractivity contribution in [2.24, 2.45) is 0 Å². The molecule has 1 saturated carbocycles. The van der Waals surface area contributed by atoms with E-state index >= 15 is 0 Å². The summed E-state index contributed by atoms with van der Waals surface area (Å²) in [4.78, 5) is 0. The van der Waals surface area contributed by atoms with Crippen LogP contribution in [0.5, 0.6) is 0 Å². The van der Waals surface area contributed by atoms with Gasteiger partial charge in [-0.05, 0) is 31.4 Å². The molecule has 0 aromatic heterocycles. The highest BCUT2D eigenvalue weighted by Gasteiger charge is 2.34. The van der Waals surface area contributed by atoms with Crippen LogP contribution in [-0.2, 0) is 0 Å². The highest BCUT2D eigenvalue weighted by Crippen LogP contribution is 2.32. The van der Waals surface area contributed by atoms with E-state index in [4.69, 9.17) is 5.73 Å². The fraction of sp³-hybridized carbons (Fsp3) is 0.455. The average Bonchev–Trinajstić information content (AvgIpc) is 2.13. The second kappa shape index (κ2) is 3.90. The molecule has 0 amide bonds. The van der Waals surface area contributed by atoms with Crippen molar-refractivity contribution in [1.29, 1.82) is 0 Å². The van der Waals surface area contributed by atoms with E-state index in [9.17, 15) is 13.9 Å². The van der Waals surface area contributed by atoms with Gasteiger partial charge in [0.15, 0.2) is 11.6 Å². The molecule has 0 saturated heterocycles. The van der Waals surface area contributed by atoms with E-state index in [2.05, 4.69) is 5.32 Å². The van der Waals surface area contributed by atoms with Crippen molar-refractivity contribution in [2.45, 2.75) is 24.9 Å². The van der Waals surface area contributed by atoms with Crippen LogP contribution in [0.3, 0.4) is 0 Å². The third kappa shape index (κ3) is 2.09. The second-order valence-electron chi connectivity index (χ2n) is 4.29. The van der Waals surface area contributed by atoms with Gasteiger partial charge in [0, 0.05) is 12.2 Å². The van der Waals surface area contributed by atoms with Crippen LogP contribution in [0.25, 0.3) is 0 Å². The van der Waals surface area contributed by atoms with Gasteiger partial charge >= 0.3 is 0 Å². The molecule has 1 fully saturated rings. The third-order valence-electron chi connectivity index (χ3n) is 2.94. The summed E-state index contributed by atoms with van der Waals surface area (Å²) in [5.74, 6) is -1.47. The van der Waals surface area contributed by atoms with Gasteiger partial charge in [0.05, 0.1) is 5.60 Å². The largest absolute Gasteiger partial charge is 0.399 e. The molecule has 0 radical (unpaired) electrons. The molecule has 2 rings (SSSR count). The van der Waals surface area contributed by atoms with Gasteiger partial charge in [-0.2, -0.15) is 0 Å². The van der Waals surface area contributed by atoms with Gasteiger partial charge in [-0.3, -0.25) is 0 Å². The minimum absolute atomic E-state index is 0.0444. The average molecular weight is 228 g/mol. The molecular weight excluding hydrogens is 214 g/mol. The van der Waals surface area contributed by atoms with Crippen molar-refractivity contribution in [3.05, 3.63) is 23.8 Å². The van der Waals surface area contributed by atoms with Gasteiger partial charge in [-0.1, -0.05) is 0 Å². The van der Waals surface area contributed by atoms with Crippen LogP contribution in [0.4, 0.5) is 20.2 Å². The molecule has 0 unspecified atom stereocenters. The van der Waals surface area contributed by atoms with Crippen molar-refractivity contribution in [1.82, 2.24) is 0 Å². The van der Waals surface area contributed by atoms with Crippen LogP contribution in [-0.4, -0.2) is 17.3 Å². The van der Waals surface area contributed by atoms with Crippen molar-refractivity contribution in [2.75, 3.05) is 17.6 Å². The minimum Gasteiger partial charge on any atom is -0.399 e. The molecule has 1 aliphatic carbocycles. The zero-order valence-electron chi connectivity index (χ0n) is 8.76. The fourth-order valence-corrected chi connectivity index (χ4v) is 1.78. The molecule has 1 aliphatic rings. The van der Waals surface area contributed by atoms with Crippen LogP contribution >= 0.6 is 0 Å². The van der Waals surface area contributed by atoms with Gasteiger partial charge in [0.1, 0.15) is 5.69 Å². The Kier molecular flexibility index (Phi) is 2.71. The standard InChI is InChI=1S/C11H14F2N2O/c12-8-4-7(14)5-9(13)10(8)15-6-11(16)2-1-3-11/h4-5,15-16H,1-3,6,14H2. The molecule has 1 aromatic rings. The molecular formula is C11H14F2N2O. The lowest BCUT2D eigenvalue weighted by Gasteiger charge is -2.36. The highest BCUT2D eigenvalue weighted by molar-refractivity contribution is 5.54. The van der Waals surface area contributed by atoms with E-state index in [1.165, 1.54) is 0 Å². The summed E-state index contributed by atoms with van der Waals surface area (Å²) in [6.45, 7) is 0.157. The Bertz CT molecular complexity index is 382. The smallest absolute Gasteiger partial charge is 0.151 e. The Labute approximate surface area is 92.3 Å². The van der Waals surface area contributed by atoms with Crippen LogP contribution < -0.4 is 11.1 Å². The molecule has 1 aromatic carbocycles. The summed E-state index contributed by atoms with van der Waals surface area (Å²) in [5.41, 5.74) is 4.29. The summed E-state index contributed by atoms with van der Waals surface area (Å²) >= 11 is 0. The highest BCUT2D eigenvalue weighted by atomic mass is 19.1. The number of hydrogen-bond donors (Lipinski definition) is 3. The summed E-state index contributed by atoms with van der Waals surface area (Å²) in [6.07, 6.45) is 2.28. The predicted molar refractivity (Wildman–Crippen MR) is 58.1 cm³/mol. The second-order valence-corrected chi connectivity index (χ2v) is 4.29. The van der Waals surface area contributed by atoms with E-state index in [0.29, 0.717) is 12.8 Å². The number of benzene rings is 1. The Morgan fingerprint density at radius 3 is 2.31 bits per heavy atom. The maximum atomic E-state index is 13.3. The van der Waals surface area contributed by atoms with Crippen molar-refractivity contribution in [3.8, 4) is 0 Å². The summed E-state index contributed by atoms with van der Waals surface area (Å²) in [7, 11) is 0. The first-order valence-corrected chi connectivity index (χ1v) is 5.21. The fourth-order valence-electron chi connectivity index (χ4n) is 1.78. The Morgan fingerprint density at radius 1 is 1.31 bits per heavy atom. The zero-order valence-corrected chi connectivity index (χ0v) is 8.76. The topological polar surface area (TPSA) is 58.3 Å². The normalized spacial score (nSPS) is 17.9. The van der Waals surface area contributed by atoms with E-state index in [0.717, 1.165) is 18.6 Å². The van der Waals surface area contributed by atoms with Crippen LogP contribution in [0, 0.1) is 11.6 Å². The van der Waals surface area contributed by atoms with Gasteiger partial charge in [-0.25, -0.2) is 8.78 Å². The first-order chi connectivity index (χ1) is 7.50. The number of nitrogen functional groups attached to an aromatic ring is 1. The Hall–Kier alpha value is -1.36. The summed E-state index contributed by atoms with van der Waals surface area (Å²) < 4.78 is 26.7. The first-order valence-electron chi connectivity index (χ1n) is 5.21. The lowest BCUT2D eigenvalue weighted by molar-refractivity contribution is -0.0202. The molecule has 0 spiro atoms. The molecule has 0 bridgehead atoms. The number of aliphatic hydroxyl groups is 1. The predicted octanol–water partition coefficient (Wildman–Crippen LogP) is 1.87. The monoisotopic (exact) mass is 228 g/mol. The molecule has 0 heterocycles. The van der Waals surface area contributed by atoms with Gasteiger partial charge < -0.3 is 16.2 Å². The summed E-state index contributed by atoms with van der Waals surface area (Å²) in [6, 6.07) is 2.10. The molecule has 5 heteroatoms. The number of anilines is 2. The van der Waals surface area contributed by atoms with Gasteiger partial charge in [0.25, 0.3) is 0 Å². The lowest BCUT2D eigenvalue weighted by Crippen LogP contribution is -2.43. The maximum Gasteiger partial charge on any atom is 0.151 e. The number of nitrogens with two attached hydrogens (primary N) is 1. The number of rotatable bonds is 3. The third-order valence-corrected chi connectivity index (χ3v) is 2.94. The molecule has 4 N–H and O–H groups in total. The van der Waals surface area contributed by atoms with Crippen molar-refractivity contribution >= 4 is 11.4 Å². The lowest BCUT2D eigenvalue weighted by atomic mass is 9.80. The molecule has 16 heavy (non-hydrogen) atoms. The van der Waals surface area contributed by atoms with Crippen molar-refractivity contribution < 1.29 is 13.9 Å². The number of hydrogen-bond acceptors (Lipinski definition) is 3.